The van der Waals surface area contributed by atoms with Crippen LogP contribution in [0.25, 0.3) is 0 Å². The lowest BCUT2D eigenvalue weighted by Gasteiger charge is -2.07. The average Bonchev–Trinajstić information content (AvgIpc) is 2.35. The Morgan fingerprint density at radius 2 is 2.00 bits per heavy atom. The van der Waals surface area contributed by atoms with Crippen LogP contribution in [0.15, 0.2) is 36.5 Å². The Morgan fingerprint density at radius 3 is 2.72 bits per heavy atom. The number of ketones is 1. The average molecular weight is 260 g/mol. The van der Waals surface area contributed by atoms with Gasteiger partial charge < -0.3 is 0 Å². The van der Waals surface area contributed by atoms with Crippen molar-refractivity contribution in [1.29, 1.82) is 0 Å². The Kier molecular flexibility index (Phi) is 3.78. The molecule has 2 aromatic rings. The van der Waals surface area contributed by atoms with E-state index >= 15 is 0 Å². The fourth-order valence-electron chi connectivity index (χ4n) is 1.86. The van der Waals surface area contributed by atoms with Crippen molar-refractivity contribution in [3.05, 3.63) is 63.9 Å². The highest BCUT2D eigenvalue weighted by molar-refractivity contribution is 6.31. The maximum Gasteiger partial charge on any atom is 0.169 e. The summed E-state index contributed by atoms with van der Waals surface area (Å²) in [5, 5.41) is 0.624. The van der Waals surface area contributed by atoms with Gasteiger partial charge in [0.15, 0.2) is 5.78 Å². The first kappa shape index (κ1) is 12.8. The molecule has 0 unspecified atom stereocenters. The number of nitrogens with zero attached hydrogens (tertiary/aromatic N) is 1. The van der Waals surface area contributed by atoms with Crippen molar-refractivity contribution in [3.63, 3.8) is 0 Å². The van der Waals surface area contributed by atoms with Crippen LogP contribution in [-0.2, 0) is 6.42 Å². The first-order chi connectivity index (χ1) is 8.59. The van der Waals surface area contributed by atoms with Crippen LogP contribution in [0.4, 0.5) is 0 Å². The minimum Gasteiger partial charge on any atom is -0.294 e. The third-order valence-electron chi connectivity index (χ3n) is 3.01. The first-order valence-corrected chi connectivity index (χ1v) is 6.16. The number of rotatable bonds is 3. The summed E-state index contributed by atoms with van der Waals surface area (Å²) in [4.78, 5) is 16.5. The molecule has 0 radical (unpaired) electrons. The van der Waals surface area contributed by atoms with E-state index in [1.807, 2.05) is 32.0 Å². The number of pyridine rings is 1. The molecule has 0 saturated carbocycles. The lowest BCUT2D eigenvalue weighted by atomic mass is 10.00. The molecule has 2 rings (SSSR count). The molecule has 1 aromatic heterocycles. The van der Waals surface area contributed by atoms with Crippen LogP contribution in [-0.4, -0.2) is 10.8 Å². The first-order valence-electron chi connectivity index (χ1n) is 5.78. The van der Waals surface area contributed by atoms with Crippen molar-refractivity contribution < 1.29 is 4.79 Å². The molecule has 0 fully saturated rings. The second kappa shape index (κ2) is 5.32. The monoisotopic (exact) mass is 259 g/mol. The molecule has 0 aliphatic heterocycles. The number of carbonyl (C=O) groups is 1. The smallest absolute Gasteiger partial charge is 0.169 e. The molecule has 1 aromatic carbocycles. The number of hydrogen-bond donors (Lipinski definition) is 0. The van der Waals surface area contributed by atoms with E-state index in [0.717, 1.165) is 16.8 Å². The van der Waals surface area contributed by atoms with E-state index in [4.69, 9.17) is 11.6 Å². The second-order valence-electron chi connectivity index (χ2n) is 4.28. The molecule has 0 N–H and O–H groups in total. The van der Waals surface area contributed by atoms with E-state index in [9.17, 15) is 4.79 Å². The van der Waals surface area contributed by atoms with Gasteiger partial charge in [0.25, 0.3) is 0 Å². The summed E-state index contributed by atoms with van der Waals surface area (Å²) in [5.74, 6) is 0.0526. The van der Waals surface area contributed by atoms with Crippen molar-refractivity contribution in [2.24, 2.45) is 0 Å². The summed E-state index contributed by atoms with van der Waals surface area (Å²) in [5.41, 5.74) is 3.36. The summed E-state index contributed by atoms with van der Waals surface area (Å²) in [7, 11) is 0. The number of aryl methyl sites for hydroxylation is 1. The molecule has 3 heteroatoms. The maximum absolute atomic E-state index is 12.2. The molecule has 0 aliphatic rings. The van der Waals surface area contributed by atoms with Crippen LogP contribution in [0.5, 0.6) is 0 Å². The van der Waals surface area contributed by atoms with E-state index in [2.05, 4.69) is 4.98 Å². The highest BCUT2D eigenvalue weighted by Crippen LogP contribution is 2.20. The highest BCUT2D eigenvalue weighted by atomic mass is 35.5. The van der Waals surface area contributed by atoms with Gasteiger partial charge in [-0.2, -0.15) is 0 Å². The fraction of sp³-hybridized carbons (Fsp3) is 0.200. The lowest BCUT2D eigenvalue weighted by molar-refractivity contribution is 0.0991. The summed E-state index contributed by atoms with van der Waals surface area (Å²) >= 11 is 6.02. The predicted molar refractivity (Wildman–Crippen MR) is 73.2 cm³/mol. The van der Waals surface area contributed by atoms with Crippen molar-refractivity contribution in [3.8, 4) is 0 Å². The van der Waals surface area contributed by atoms with Crippen LogP contribution < -0.4 is 0 Å². The van der Waals surface area contributed by atoms with Gasteiger partial charge in [-0.1, -0.05) is 29.8 Å². The van der Waals surface area contributed by atoms with Crippen molar-refractivity contribution >= 4 is 17.4 Å². The van der Waals surface area contributed by atoms with Crippen molar-refractivity contribution in [2.75, 3.05) is 0 Å². The summed E-state index contributed by atoms with van der Waals surface area (Å²) in [6.07, 6.45) is 2.02. The van der Waals surface area contributed by atoms with Crippen LogP contribution in [0.2, 0.25) is 5.02 Å². The molecule has 0 amide bonds. The Bertz CT molecular complexity index is 593. The van der Waals surface area contributed by atoms with Crippen molar-refractivity contribution in [2.45, 2.75) is 20.3 Å². The minimum atomic E-state index is 0.0526. The van der Waals surface area contributed by atoms with E-state index in [-0.39, 0.29) is 5.78 Å². The van der Waals surface area contributed by atoms with Crippen molar-refractivity contribution in [1.82, 2.24) is 4.98 Å². The molecule has 0 aliphatic carbocycles. The Labute approximate surface area is 112 Å². The largest absolute Gasteiger partial charge is 0.294 e. The van der Waals surface area contributed by atoms with Gasteiger partial charge in [0, 0.05) is 16.8 Å². The van der Waals surface area contributed by atoms with Crippen LogP contribution in [0.1, 0.15) is 27.2 Å². The third-order valence-corrected chi connectivity index (χ3v) is 3.42. The molecular weight excluding hydrogens is 246 g/mol. The number of benzene rings is 1. The number of aromatic nitrogens is 1. The van der Waals surface area contributed by atoms with Gasteiger partial charge in [-0.15, -0.1) is 0 Å². The van der Waals surface area contributed by atoms with E-state index in [1.54, 1.807) is 18.3 Å². The van der Waals surface area contributed by atoms with E-state index in [1.165, 1.54) is 0 Å². The number of carbonyl (C=O) groups excluding carboxylic acids is 1. The number of Topliss-reactive ketones (excluding diaryl/α,β-unsaturated/α-hetero) is 1. The van der Waals surface area contributed by atoms with Gasteiger partial charge >= 0.3 is 0 Å². The second-order valence-corrected chi connectivity index (χ2v) is 4.69. The van der Waals surface area contributed by atoms with Gasteiger partial charge in [-0.05, 0) is 37.1 Å². The minimum absolute atomic E-state index is 0.0526. The predicted octanol–water partition coefficient (Wildman–Crippen LogP) is 3.78. The maximum atomic E-state index is 12.2. The molecule has 92 valence electrons. The molecule has 2 nitrogen and oxygen atoms in total. The summed E-state index contributed by atoms with van der Waals surface area (Å²) in [6.45, 7) is 3.82. The molecule has 18 heavy (non-hydrogen) atoms. The zero-order valence-corrected chi connectivity index (χ0v) is 11.2. The lowest BCUT2D eigenvalue weighted by Crippen LogP contribution is -2.08. The summed E-state index contributed by atoms with van der Waals surface area (Å²) in [6, 6.07) is 9.23. The Balaban J connectivity index is 2.28. The Morgan fingerprint density at radius 1 is 1.22 bits per heavy atom. The third kappa shape index (κ3) is 2.59. The molecule has 0 spiro atoms. The van der Waals surface area contributed by atoms with Gasteiger partial charge in [0.2, 0.25) is 0 Å². The van der Waals surface area contributed by atoms with E-state index in [0.29, 0.717) is 17.0 Å². The van der Waals surface area contributed by atoms with Gasteiger partial charge in [-0.25, -0.2) is 0 Å². The topological polar surface area (TPSA) is 30.0 Å². The standard InChI is InChI=1S/C15H14ClNO/c1-10-5-4-8-17-14(10)9-15(18)12-6-3-7-13(16)11(12)2/h3-8H,9H2,1-2H3. The van der Waals surface area contributed by atoms with Crippen LogP contribution in [0, 0.1) is 13.8 Å². The van der Waals surface area contributed by atoms with Gasteiger partial charge in [0.1, 0.15) is 0 Å². The molecular formula is C15H14ClNO. The quantitative estimate of drug-likeness (QED) is 0.786. The Hall–Kier alpha value is -1.67. The number of halogens is 1. The highest BCUT2D eigenvalue weighted by Gasteiger charge is 2.13. The van der Waals surface area contributed by atoms with Gasteiger partial charge in [0.05, 0.1) is 12.1 Å². The molecule has 0 saturated heterocycles. The SMILES string of the molecule is Cc1cccnc1CC(=O)c1cccc(Cl)c1C. The van der Waals surface area contributed by atoms with Crippen LogP contribution >= 0.6 is 11.6 Å². The zero-order chi connectivity index (χ0) is 13.1. The fourth-order valence-corrected chi connectivity index (χ4v) is 2.03. The van der Waals surface area contributed by atoms with Crippen LogP contribution in [0.3, 0.4) is 0 Å². The number of hydrogen-bond acceptors (Lipinski definition) is 2. The van der Waals surface area contributed by atoms with E-state index < -0.39 is 0 Å². The molecule has 0 atom stereocenters. The zero-order valence-electron chi connectivity index (χ0n) is 10.4. The van der Waals surface area contributed by atoms with Gasteiger partial charge in [-0.3, -0.25) is 9.78 Å². The summed E-state index contributed by atoms with van der Waals surface area (Å²) < 4.78 is 0. The molecule has 0 bridgehead atoms. The molecule has 1 heterocycles. The normalized spacial score (nSPS) is 10.4.